The second-order valence-corrected chi connectivity index (χ2v) is 3.89. The molecule has 1 saturated heterocycles. The van der Waals surface area contributed by atoms with E-state index in [1.807, 2.05) is 13.0 Å². The van der Waals surface area contributed by atoms with Gasteiger partial charge in [-0.05, 0) is 26.2 Å². The van der Waals surface area contributed by atoms with Gasteiger partial charge in [-0.25, -0.2) is 9.97 Å². The van der Waals surface area contributed by atoms with E-state index in [1.165, 1.54) is 19.3 Å². The minimum Gasteiger partial charge on any atom is -0.356 e. The predicted octanol–water partition coefficient (Wildman–Crippen LogP) is 1.59. The van der Waals surface area contributed by atoms with Crippen molar-refractivity contribution in [2.45, 2.75) is 26.2 Å². The van der Waals surface area contributed by atoms with Crippen LogP contribution in [0.3, 0.4) is 0 Å². The van der Waals surface area contributed by atoms with Crippen LogP contribution in [0.15, 0.2) is 6.07 Å². The van der Waals surface area contributed by atoms with Gasteiger partial charge in [0.1, 0.15) is 5.82 Å². The number of nitrogens with zero attached hydrogens (tertiary/aromatic N) is 3. The van der Waals surface area contributed by atoms with Crippen LogP contribution in [0, 0.1) is 6.92 Å². The van der Waals surface area contributed by atoms with E-state index in [4.69, 9.17) is 0 Å². The normalized spacial score (nSPS) is 16.5. The van der Waals surface area contributed by atoms with Gasteiger partial charge in [0.15, 0.2) is 12.1 Å². The predicted molar refractivity (Wildman–Crippen MR) is 58.2 cm³/mol. The molecule has 0 unspecified atom stereocenters. The molecule has 15 heavy (non-hydrogen) atoms. The molecule has 0 amide bonds. The lowest BCUT2D eigenvalue weighted by molar-refractivity contribution is 0.111. The summed E-state index contributed by atoms with van der Waals surface area (Å²) in [5.41, 5.74) is 0.854. The van der Waals surface area contributed by atoms with Crippen LogP contribution in [-0.4, -0.2) is 29.3 Å². The van der Waals surface area contributed by atoms with Crippen molar-refractivity contribution < 1.29 is 4.79 Å². The third-order valence-corrected chi connectivity index (χ3v) is 2.64. The Hall–Kier alpha value is -1.45. The molecular formula is C11H15N3O. The van der Waals surface area contributed by atoms with Gasteiger partial charge >= 0.3 is 0 Å². The van der Waals surface area contributed by atoms with Gasteiger partial charge in [0.25, 0.3) is 0 Å². The summed E-state index contributed by atoms with van der Waals surface area (Å²) in [4.78, 5) is 21.1. The van der Waals surface area contributed by atoms with Crippen molar-refractivity contribution in [3.05, 3.63) is 17.6 Å². The molecule has 2 heterocycles. The van der Waals surface area contributed by atoms with Crippen LogP contribution < -0.4 is 4.90 Å². The van der Waals surface area contributed by atoms with Crippen molar-refractivity contribution >= 4 is 12.1 Å². The molecule has 0 aromatic carbocycles. The van der Waals surface area contributed by atoms with Crippen molar-refractivity contribution in [2.24, 2.45) is 0 Å². The molecule has 0 saturated carbocycles. The molecular weight excluding hydrogens is 190 g/mol. The Morgan fingerprint density at radius 2 is 2.00 bits per heavy atom. The summed E-state index contributed by atoms with van der Waals surface area (Å²) < 4.78 is 0. The number of aryl methyl sites for hydroxylation is 1. The molecule has 0 radical (unpaired) electrons. The second-order valence-electron chi connectivity index (χ2n) is 3.89. The van der Waals surface area contributed by atoms with Gasteiger partial charge in [0.05, 0.1) is 0 Å². The molecule has 0 bridgehead atoms. The van der Waals surface area contributed by atoms with E-state index in [0.29, 0.717) is 6.29 Å². The topological polar surface area (TPSA) is 46.1 Å². The molecule has 4 nitrogen and oxygen atoms in total. The number of hydrogen-bond donors (Lipinski definition) is 0. The molecule has 1 aromatic rings. The lowest BCUT2D eigenvalue weighted by Crippen LogP contribution is -2.30. The molecule has 4 heteroatoms. The number of carbonyl (C=O) groups is 1. The lowest BCUT2D eigenvalue weighted by Gasteiger charge is -2.27. The molecule has 0 N–H and O–H groups in total. The minimum atomic E-state index is 0.288. The number of piperidine rings is 1. The Labute approximate surface area is 89.3 Å². The van der Waals surface area contributed by atoms with E-state index < -0.39 is 0 Å². The van der Waals surface area contributed by atoms with Gasteiger partial charge in [-0.3, -0.25) is 4.79 Å². The van der Waals surface area contributed by atoms with Gasteiger partial charge in [0.2, 0.25) is 0 Å². The summed E-state index contributed by atoms with van der Waals surface area (Å²) in [6, 6.07) is 1.94. The maximum Gasteiger partial charge on any atom is 0.194 e. The van der Waals surface area contributed by atoms with Crippen LogP contribution in [0.5, 0.6) is 0 Å². The Bertz CT molecular complexity index is 359. The molecule has 0 spiro atoms. The van der Waals surface area contributed by atoms with Crippen LogP contribution in [0.2, 0.25) is 0 Å². The van der Waals surface area contributed by atoms with Crippen molar-refractivity contribution in [2.75, 3.05) is 18.0 Å². The van der Waals surface area contributed by atoms with Crippen molar-refractivity contribution in [3.63, 3.8) is 0 Å². The summed E-state index contributed by atoms with van der Waals surface area (Å²) in [6.07, 6.45) is 4.42. The Morgan fingerprint density at radius 3 is 2.67 bits per heavy atom. The first-order valence-electron chi connectivity index (χ1n) is 5.35. The fraction of sp³-hybridized carbons (Fsp3) is 0.545. The van der Waals surface area contributed by atoms with E-state index >= 15 is 0 Å². The van der Waals surface area contributed by atoms with Gasteiger partial charge in [-0.15, -0.1) is 0 Å². The van der Waals surface area contributed by atoms with Gasteiger partial charge in [-0.2, -0.15) is 0 Å². The molecule has 1 aliphatic heterocycles. The smallest absolute Gasteiger partial charge is 0.194 e. The van der Waals surface area contributed by atoms with Crippen LogP contribution in [0.1, 0.15) is 35.6 Å². The van der Waals surface area contributed by atoms with Crippen molar-refractivity contribution in [1.29, 1.82) is 0 Å². The van der Waals surface area contributed by atoms with E-state index in [1.54, 1.807) is 0 Å². The van der Waals surface area contributed by atoms with Crippen molar-refractivity contribution in [1.82, 2.24) is 9.97 Å². The van der Waals surface area contributed by atoms with E-state index in [0.717, 1.165) is 24.6 Å². The van der Waals surface area contributed by atoms with Crippen LogP contribution >= 0.6 is 0 Å². The van der Waals surface area contributed by atoms with Crippen LogP contribution in [0.25, 0.3) is 0 Å². The number of hydrogen-bond acceptors (Lipinski definition) is 4. The Morgan fingerprint density at radius 1 is 1.27 bits per heavy atom. The number of aldehydes is 1. The average molecular weight is 205 g/mol. The fourth-order valence-corrected chi connectivity index (χ4v) is 1.91. The number of anilines is 1. The zero-order valence-corrected chi connectivity index (χ0v) is 8.94. The minimum absolute atomic E-state index is 0.288. The highest BCUT2D eigenvalue weighted by atomic mass is 16.1. The Balaban J connectivity index is 2.25. The summed E-state index contributed by atoms with van der Waals surface area (Å²) in [5, 5.41) is 0. The molecule has 80 valence electrons. The molecule has 2 rings (SSSR count). The van der Waals surface area contributed by atoms with E-state index in [-0.39, 0.29) is 5.82 Å². The zero-order valence-electron chi connectivity index (χ0n) is 8.94. The first kappa shape index (κ1) is 10.1. The maximum absolute atomic E-state index is 10.7. The highest BCUT2D eigenvalue weighted by Crippen LogP contribution is 2.17. The molecule has 1 aliphatic rings. The first-order chi connectivity index (χ1) is 7.29. The third-order valence-electron chi connectivity index (χ3n) is 2.64. The third kappa shape index (κ3) is 2.32. The zero-order chi connectivity index (χ0) is 10.7. The molecule has 0 atom stereocenters. The van der Waals surface area contributed by atoms with E-state index in [2.05, 4.69) is 14.9 Å². The van der Waals surface area contributed by atoms with Crippen LogP contribution in [-0.2, 0) is 0 Å². The quantitative estimate of drug-likeness (QED) is 0.688. The van der Waals surface area contributed by atoms with Crippen molar-refractivity contribution in [3.8, 4) is 0 Å². The summed E-state index contributed by atoms with van der Waals surface area (Å²) in [5.74, 6) is 1.18. The second kappa shape index (κ2) is 4.38. The van der Waals surface area contributed by atoms with Gasteiger partial charge < -0.3 is 4.90 Å². The lowest BCUT2D eigenvalue weighted by atomic mass is 10.1. The summed E-state index contributed by atoms with van der Waals surface area (Å²) in [7, 11) is 0. The summed E-state index contributed by atoms with van der Waals surface area (Å²) >= 11 is 0. The average Bonchev–Trinajstić information content (AvgIpc) is 2.29. The molecule has 0 aliphatic carbocycles. The van der Waals surface area contributed by atoms with Gasteiger partial charge in [0, 0.05) is 24.8 Å². The number of carbonyl (C=O) groups excluding carboxylic acids is 1. The largest absolute Gasteiger partial charge is 0.356 e. The maximum atomic E-state index is 10.7. The standard InChI is InChI=1S/C11H15N3O/c1-9-7-11(13-10(8-15)12-9)14-5-3-2-4-6-14/h7-8H,2-6H2,1H3. The number of aromatic nitrogens is 2. The molecule has 1 aromatic heterocycles. The number of rotatable bonds is 2. The monoisotopic (exact) mass is 205 g/mol. The fourth-order valence-electron chi connectivity index (χ4n) is 1.91. The SMILES string of the molecule is Cc1cc(N2CCCCC2)nc(C=O)n1. The first-order valence-corrected chi connectivity index (χ1v) is 5.35. The highest BCUT2D eigenvalue weighted by molar-refractivity contribution is 5.69. The van der Waals surface area contributed by atoms with Crippen LogP contribution in [0.4, 0.5) is 5.82 Å². The summed E-state index contributed by atoms with van der Waals surface area (Å²) in [6.45, 7) is 3.96. The molecule has 1 fully saturated rings. The van der Waals surface area contributed by atoms with Gasteiger partial charge in [-0.1, -0.05) is 0 Å². The Kier molecular flexibility index (Phi) is 2.94. The van der Waals surface area contributed by atoms with E-state index in [9.17, 15) is 4.79 Å². The highest BCUT2D eigenvalue weighted by Gasteiger charge is 2.13.